The predicted octanol–water partition coefficient (Wildman–Crippen LogP) is 1.56. The number of nitrogens with one attached hydrogen (secondary N) is 1. The van der Waals surface area contributed by atoms with Crippen LogP contribution in [0.4, 0.5) is 0 Å². The molecule has 0 aromatic rings. The number of likely N-dealkylation sites (N-methyl/N-ethyl adjacent to an activating group) is 2. The van der Waals surface area contributed by atoms with E-state index in [1.54, 1.807) is 0 Å². The Hall–Kier alpha value is -0.610. The largest absolute Gasteiger partial charge is 0.480 e. The molecule has 17 heavy (non-hydrogen) atoms. The van der Waals surface area contributed by atoms with Gasteiger partial charge in [0.25, 0.3) is 0 Å². The summed E-state index contributed by atoms with van der Waals surface area (Å²) in [5.74, 6) is 0.0205. The van der Waals surface area contributed by atoms with Gasteiger partial charge in [-0.25, -0.2) is 0 Å². The van der Waals surface area contributed by atoms with Gasteiger partial charge in [-0.15, -0.1) is 0 Å². The van der Waals surface area contributed by atoms with Gasteiger partial charge in [-0.3, -0.25) is 4.79 Å². The lowest BCUT2D eigenvalue weighted by atomic mass is 9.89. The molecule has 4 heteroatoms. The maximum Gasteiger partial charge on any atom is 0.322 e. The molecule has 0 aromatic carbocycles. The Morgan fingerprint density at radius 3 is 2.59 bits per heavy atom. The van der Waals surface area contributed by atoms with Gasteiger partial charge in [-0.2, -0.15) is 0 Å². The van der Waals surface area contributed by atoms with Gasteiger partial charge in [-0.05, 0) is 32.4 Å². The molecule has 1 aliphatic carbocycles. The van der Waals surface area contributed by atoms with E-state index in [4.69, 9.17) is 5.11 Å². The third kappa shape index (κ3) is 5.50. The molecular formula is C13H26N2O2. The van der Waals surface area contributed by atoms with Gasteiger partial charge in [0.05, 0.1) is 0 Å². The first-order valence-electron chi connectivity index (χ1n) is 6.78. The van der Waals surface area contributed by atoms with Crippen LogP contribution in [0.5, 0.6) is 0 Å². The van der Waals surface area contributed by atoms with Gasteiger partial charge in [0.1, 0.15) is 6.04 Å². The standard InChI is InChI=1S/C13H26N2O2/c1-3-14-12(13(16)17)10-15(2)9-11-7-5-4-6-8-11/h11-12,14H,3-10H2,1-2H3,(H,16,17). The number of nitrogens with zero attached hydrogens (tertiary/aromatic N) is 1. The van der Waals surface area contributed by atoms with Crippen LogP contribution in [0.15, 0.2) is 0 Å². The van der Waals surface area contributed by atoms with Gasteiger partial charge in [0.15, 0.2) is 0 Å². The zero-order valence-corrected chi connectivity index (χ0v) is 11.1. The second kappa shape index (κ2) is 7.67. The number of carboxylic acids is 1. The highest BCUT2D eigenvalue weighted by molar-refractivity contribution is 5.73. The Kier molecular flexibility index (Phi) is 6.52. The molecule has 0 aromatic heterocycles. The summed E-state index contributed by atoms with van der Waals surface area (Å²) in [5, 5.41) is 12.1. The normalized spacial score (nSPS) is 19.5. The van der Waals surface area contributed by atoms with Crippen molar-refractivity contribution in [2.24, 2.45) is 5.92 Å². The summed E-state index contributed by atoms with van der Waals surface area (Å²) in [5.41, 5.74) is 0. The molecule has 1 atom stereocenters. The second-order valence-corrected chi connectivity index (χ2v) is 5.17. The van der Waals surface area contributed by atoms with E-state index in [1.807, 2.05) is 14.0 Å². The lowest BCUT2D eigenvalue weighted by Gasteiger charge is -2.28. The number of hydrogen-bond donors (Lipinski definition) is 2. The highest BCUT2D eigenvalue weighted by Gasteiger charge is 2.20. The topological polar surface area (TPSA) is 52.6 Å². The minimum Gasteiger partial charge on any atom is -0.480 e. The summed E-state index contributed by atoms with van der Waals surface area (Å²) in [7, 11) is 2.03. The lowest BCUT2D eigenvalue weighted by Crippen LogP contribution is -2.46. The molecule has 1 rings (SSSR count). The Balaban J connectivity index is 2.30. The monoisotopic (exact) mass is 242 g/mol. The van der Waals surface area contributed by atoms with Crippen LogP contribution >= 0.6 is 0 Å². The van der Waals surface area contributed by atoms with Crippen LogP contribution in [0.25, 0.3) is 0 Å². The molecule has 0 amide bonds. The van der Waals surface area contributed by atoms with Crippen LogP contribution in [0.2, 0.25) is 0 Å². The molecule has 1 unspecified atom stereocenters. The smallest absolute Gasteiger partial charge is 0.322 e. The van der Waals surface area contributed by atoms with E-state index >= 15 is 0 Å². The third-order valence-corrected chi connectivity index (χ3v) is 3.54. The number of hydrogen-bond acceptors (Lipinski definition) is 3. The van der Waals surface area contributed by atoms with Crippen molar-refractivity contribution in [3.8, 4) is 0 Å². The fourth-order valence-corrected chi connectivity index (χ4v) is 2.67. The molecule has 1 saturated carbocycles. The molecule has 0 radical (unpaired) electrons. The van der Waals surface area contributed by atoms with E-state index in [9.17, 15) is 4.79 Å². The van der Waals surface area contributed by atoms with Gasteiger partial charge in [0.2, 0.25) is 0 Å². The highest BCUT2D eigenvalue weighted by atomic mass is 16.4. The average molecular weight is 242 g/mol. The van der Waals surface area contributed by atoms with E-state index < -0.39 is 12.0 Å². The van der Waals surface area contributed by atoms with Gasteiger partial charge >= 0.3 is 5.97 Å². The van der Waals surface area contributed by atoms with Crippen molar-refractivity contribution in [2.75, 3.05) is 26.7 Å². The molecule has 100 valence electrons. The maximum atomic E-state index is 11.0. The fraction of sp³-hybridized carbons (Fsp3) is 0.923. The third-order valence-electron chi connectivity index (χ3n) is 3.54. The first-order valence-corrected chi connectivity index (χ1v) is 6.78. The Bertz CT molecular complexity index is 227. The van der Waals surface area contributed by atoms with Crippen molar-refractivity contribution in [3.05, 3.63) is 0 Å². The number of rotatable bonds is 7. The zero-order chi connectivity index (χ0) is 12.7. The molecule has 0 heterocycles. The number of carbonyl (C=O) groups is 1. The summed E-state index contributed by atoms with van der Waals surface area (Å²) in [6.07, 6.45) is 6.67. The zero-order valence-electron chi connectivity index (χ0n) is 11.1. The number of aliphatic carboxylic acids is 1. The molecule has 2 N–H and O–H groups in total. The summed E-state index contributed by atoms with van der Waals surface area (Å²) in [4.78, 5) is 13.2. The maximum absolute atomic E-state index is 11.0. The molecule has 0 spiro atoms. The van der Waals surface area contributed by atoms with Gasteiger partial charge in [-0.1, -0.05) is 26.2 Å². The lowest BCUT2D eigenvalue weighted by molar-refractivity contribution is -0.139. The average Bonchev–Trinajstić information content (AvgIpc) is 2.29. The molecular weight excluding hydrogens is 216 g/mol. The molecule has 1 fully saturated rings. The van der Waals surface area contributed by atoms with E-state index in [1.165, 1.54) is 32.1 Å². The van der Waals surface area contributed by atoms with Crippen LogP contribution in [0, 0.1) is 5.92 Å². The molecule has 0 bridgehead atoms. The van der Waals surface area contributed by atoms with Crippen molar-refractivity contribution < 1.29 is 9.90 Å². The van der Waals surface area contributed by atoms with E-state index in [0.29, 0.717) is 13.1 Å². The molecule has 0 aliphatic heterocycles. The highest BCUT2D eigenvalue weighted by Crippen LogP contribution is 2.24. The van der Waals surface area contributed by atoms with Crippen LogP contribution in [-0.2, 0) is 4.79 Å². The SMILES string of the molecule is CCNC(CN(C)CC1CCCCC1)C(=O)O. The minimum atomic E-state index is -0.748. The Morgan fingerprint density at radius 2 is 2.06 bits per heavy atom. The summed E-state index contributed by atoms with van der Waals surface area (Å²) in [6.45, 7) is 4.28. The van der Waals surface area contributed by atoms with Gasteiger partial charge in [0, 0.05) is 13.1 Å². The van der Waals surface area contributed by atoms with Crippen molar-refractivity contribution in [1.29, 1.82) is 0 Å². The van der Waals surface area contributed by atoms with Crippen molar-refractivity contribution in [3.63, 3.8) is 0 Å². The van der Waals surface area contributed by atoms with E-state index in [0.717, 1.165) is 12.5 Å². The van der Waals surface area contributed by atoms with Crippen LogP contribution < -0.4 is 5.32 Å². The first kappa shape index (κ1) is 14.5. The van der Waals surface area contributed by atoms with Crippen LogP contribution in [-0.4, -0.2) is 48.7 Å². The predicted molar refractivity (Wildman–Crippen MR) is 69.2 cm³/mol. The van der Waals surface area contributed by atoms with E-state index in [-0.39, 0.29) is 0 Å². The Labute approximate surface area is 104 Å². The van der Waals surface area contributed by atoms with E-state index in [2.05, 4.69) is 10.2 Å². The molecule has 1 aliphatic rings. The summed E-state index contributed by atoms with van der Waals surface area (Å²) >= 11 is 0. The summed E-state index contributed by atoms with van der Waals surface area (Å²) < 4.78 is 0. The molecule has 0 saturated heterocycles. The minimum absolute atomic E-state index is 0.436. The van der Waals surface area contributed by atoms with Crippen molar-refractivity contribution >= 4 is 5.97 Å². The van der Waals surface area contributed by atoms with Crippen LogP contribution in [0.3, 0.4) is 0 Å². The molecule has 4 nitrogen and oxygen atoms in total. The van der Waals surface area contributed by atoms with Crippen molar-refractivity contribution in [1.82, 2.24) is 10.2 Å². The van der Waals surface area contributed by atoms with Crippen molar-refractivity contribution in [2.45, 2.75) is 45.1 Å². The number of carboxylic acid groups (broad SMARTS) is 1. The second-order valence-electron chi connectivity index (χ2n) is 5.17. The first-order chi connectivity index (χ1) is 8.13. The quantitative estimate of drug-likeness (QED) is 0.711. The summed E-state index contributed by atoms with van der Waals surface area (Å²) in [6, 6.07) is -0.436. The van der Waals surface area contributed by atoms with Gasteiger partial charge < -0.3 is 15.3 Å². The Morgan fingerprint density at radius 1 is 1.41 bits per heavy atom. The fourth-order valence-electron chi connectivity index (χ4n) is 2.67. The van der Waals surface area contributed by atoms with Crippen LogP contribution in [0.1, 0.15) is 39.0 Å².